The molecule has 0 radical (unpaired) electrons. The minimum atomic E-state index is -0.451. The molecule has 0 atom stereocenters. The molecule has 5 heterocycles. The van der Waals surface area contributed by atoms with Crippen molar-refractivity contribution >= 4 is 54.0 Å². The minimum absolute atomic E-state index is 0.451. The van der Waals surface area contributed by atoms with Gasteiger partial charge in [-0.3, -0.25) is 8.80 Å². The third kappa shape index (κ3) is 2.76. The fraction of sp³-hybridized carbons (Fsp3) is 0.0238. The molecule has 1 spiro atoms. The summed E-state index contributed by atoms with van der Waals surface area (Å²) < 4.78 is 7.09. The molecule has 0 aliphatic heterocycles. The van der Waals surface area contributed by atoms with Gasteiger partial charge in [-0.1, -0.05) is 103 Å². The van der Waals surface area contributed by atoms with Crippen LogP contribution in [0.25, 0.3) is 76.3 Å². The maximum absolute atomic E-state index is 5.19. The van der Waals surface area contributed by atoms with Crippen molar-refractivity contribution in [2.75, 3.05) is 0 Å². The number of rotatable bonds is 1. The van der Waals surface area contributed by atoms with Gasteiger partial charge < -0.3 is 0 Å². The lowest BCUT2D eigenvalue weighted by Crippen LogP contribution is -2.25. The molecule has 0 bridgehead atoms. The molecule has 2 aliphatic rings. The van der Waals surface area contributed by atoms with Crippen molar-refractivity contribution in [2.24, 2.45) is 0 Å². The lowest BCUT2D eigenvalue weighted by molar-refractivity contribution is 0.795. The Bertz CT molecular complexity index is 2990. The van der Waals surface area contributed by atoms with Crippen LogP contribution in [0.2, 0.25) is 0 Å². The molecular weight excluding hydrogens is 607 g/mol. The van der Waals surface area contributed by atoms with Gasteiger partial charge in [-0.15, -0.1) is 11.3 Å². The van der Waals surface area contributed by atoms with Crippen LogP contribution < -0.4 is 0 Å². The first-order chi connectivity index (χ1) is 23.8. The molecule has 5 nitrogen and oxygen atoms in total. The van der Waals surface area contributed by atoms with Gasteiger partial charge in [0.1, 0.15) is 0 Å². The molecule has 48 heavy (non-hydrogen) atoms. The molecule has 0 fully saturated rings. The van der Waals surface area contributed by atoms with Crippen LogP contribution in [0.5, 0.6) is 0 Å². The van der Waals surface area contributed by atoms with E-state index >= 15 is 0 Å². The van der Waals surface area contributed by atoms with Crippen molar-refractivity contribution in [3.05, 3.63) is 162 Å². The zero-order valence-electron chi connectivity index (χ0n) is 25.4. The number of hydrogen-bond donors (Lipinski definition) is 0. The highest BCUT2D eigenvalue weighted by molar-refractivity contribution is 7.25. The Labute approximate surface area is 278 Å². The summed E-state index contributed by atoms with van der Waals surface area (Å²) in [6, 6.07) is 44.4. The van der Waals surface area contributed by atoms with Crippen LogP contribution in [0.15, 0.2) is 140 Å². The average molecular weight is 630 g/mol. The number of thiophene rings is 1. The topological polar surface area (TPSA) is 47.5 Å². The van der Waals surface area contributed by atoms with Gasteiger partial charge in [-0.05, 0) is 51.6 Å². The van der Waals surface area contributed by atoms with E-state index in [1.165, 1.54) is 59.1 Å². The van der Waals surface area contributed by atoms with E-state index in [1.54, 1.807) is 12.4 Å². The Morgan fingerprint density at radius 2 is 1.10 bits per heavy atom. The average Bonchev–Trinajstić information content (AvgIpc) is 3.95. The Morgan fingerprint density at radius 1 is 0.500 bits per heavy atom. The maximum Gasteiger partial charge on any atom is 0.183 e. The first-order valence-electron chi connectivity index (χ1n) is 16.2. The van der Waals surface area contributed by atoms with E-state index in [4.69, 9.17) is 15.0 Å². The van der Waals surface area contributed by atoms with E-state index in [-0.39, 0.29) is 0 Å². The summed E-state index contributed by atoms with van der Waals surface area (Å²) in [6.45, 7) is 0. The highest BCUT2D eigenvalue weighted by Gasteiger charge is 2.53. The zero-order valence-corrected chi connectivity index (χ0v) is 26.2. The van der Waals surface area contributed by atoms with Crippen molar-refractivity contribution in [3.8, 4) is 33.6 Å². The van der Waals surface area contributed by atoms with Crippen LogP contribution in [0, 0.1) is 0 Å². The molecule has 10 aromatic rings. The smallest absolute Gasteiger partial charge is 0.183 e. The van der Waals surface area contributed by atoms with Gasteiger partial charge in [0.25, 0.3) is 0 Å². The third-order valence-corrected chi connectivity index (χ3v) is 11.8. The standard InChI is InChI=1S/C42H23N5S/c1-5-15-29-24(10-1)25-11-2-6-16-30(25)42(29)31-17-7-3-12-26(31)38-32(42)22-33-39-45-23-34(47(39)41-40(46(33)38)43-20-21-44-41)27-14-9-19-36-37(27)28-13-4-8-18-35(28)48-36/h1-23H. The van der Waals surface area contributed by atoms with E-state index in [9.17, 15) is 0 Å². The molecular formula is C42H23N5S. The Balaban J connectivity index is 1.26. The quantitative estimate of drug-likeness (QED) is 0.182. The van der Waals surface area contributed by atoms with Crippen molar-refractivity contribution < 1.29 is 0 Å². The van der Waals surface area contributed by atoms with Crippen LogP contribution in [0.1, 0.15) is 22.3 Å². The summed E-state index contributed by atoms with van der Waals surface area (Å²) in [6.07, 6.45) is 5.62. The number of aromatic nitrogens is 5. The Morgan fingerprint density at radius 3 is 1.88 bits per heavy atom. The molecule has 2 aliphatic carbocycles. The fourth-order valence-corrected chi connectivity index (χ4v) is 10.1. The van der Waals surface area contributed by atoms with Gasteiger partial charge >= 0.3 is 0 Å². The van der Waals surface area contributed by atoms with Crippen molar-refractivity contribution in [1.82, 2.24) is 23.8 Å². The molecule has 6 heteroatoms. The van der Waals surface area contributed by atoms with Gasteiger partial charge in [0.05, 0.1) is 28.5 Å². The van der Waals surface area contributed by atoms with E-state index in [2.05, 4.69) is 130 Å². The molecule has 0 N–H and O–H groups in total. The van der Waals surface area contributed by atoms with E-state index in [0.717, 1.165) is 39.4 Å². The second kappa shape index (κ2) is 8.62. The van der Waals surface area contributed by atoms with Crippen LogP contribution in [-0.2, 0) is 5.41 Å². The fourth-order valence-electron chi connectivity index (χ4n) is 8.99. The number of fused-ring (bicyclic) bond motifs is 20. The van der Waals surface area contributed by atoms with E-state index in [1.807, 2.05) is 17.5 Å². The van der Waals surface area contributed by atoms with Gasteiger partial charge in [0.2, 0.25) is 0 Å². The molecule has 5 aromatic carbocycles. The largest absolute Gasteiger partial charge is 0.287 e. The normalized spacial score (nSPS) is 14.0. The molecule has 12 rings (SSSR count). The zero-order chi connectivity index (χ0) is 31.1. The summed E-state index contributed by atoms with van der Waals surface area (Å²) in [5.41, 5.74) is 15.4. The number of imidazole rings is 1. The molecule has 0 unspecified atom stereocenters. The minimum Gasteiger partial charge on any atom is -0.287 e. The van der Waals surface area contributed by atoms with Crippen LogP contribution >= 0.6 is 11.3 Å². The first-order valence-corrected chi connectivity index (χ1v) is 17.0. The van der Waals surface area contributed by atoms with Gasteiger partial charge in [0, 0.05) is 43.7 Å². The molecule has 0 amide bonds. The van der Waals surface area contributed by atoms with Gasteiger partial charge in [0.15, 0.2) is 16.9 Å². The summed E-state index contributed by atoms with van der Waals surface area (Å²) in [5.74, 6) is 0. The molecule has 0 saturated carbocycles. The van der Waals surface area contributed by atoms with Gasteiger partial charge in [-0.25, -0.2) is 15.0 Å². The Hall–Kier alpha value is -6.11. The lowest BCUT2D eigenvalue weighted by atomic mass is 9.71. The summed E-state index contributed by atoms with van der Waals surface area (Å²) in [7, 11) is 0. The number of nitrogens with zero attached hydrogens (tertiary/aromatic N) is 5. The van der Waals surface area contributed by atoms with Crippen LogP contribution in [0.4, 0.5) is 0 Å². The molecule has 5 aromatic heterocycles. The van der Waals surface area contributed by atoms with Gasteiger partial charge in [-0.2, -0.15) is 0 Å². The first kappa shape index (κ1) is 25.0. The molecule has 222 valence electrons. The SMILES string of the molecule is c1ccc2c(c1)-c1ccccc1C21c2ccccc2-c2c1cc1c3ncc(-c4cccc5sc6ccccc6c45)n3c3nccnc3n21. The summed E-state index contributed by atoms with van der Waals surface area (Å²) in [5, 5.41) is 2.51. The second-order valence-electron chi connectivity index (χ2n) is 12.8. The molecule has 0 saturated heterocycles. The lowest BCUT2D eigenvalue weighted by Gasteiger charge is -2.29. The maximum atomic E-state index is 5.19. The monoisotopic (exact) mass is 629 g/mol. The van der Waals surface area contributed by atoms with Crippen LogP contribution in [0.3, 0.4) is 0 Å². The second-order valence-corrected chi connectivity index (χ2v) is 13.9. The van der Waals surface area contributed by atoms with Crippen molar-refractivity contribution in [1.29, 1.82) is 0 Å². The summed E-state index contributed by atoms with van der Waals surface area (Å²) in [4.78, 5) is 15.3. The Kier molecular flexibility index (Phi) is 4.50. The van der Waals surface area contributed by atoms with Crippen LogP contribution in [-0.4, -0.2) is 23.8 Å². The summed E-state index contributed by atoms with van der Waals surface area (Å²) >= 11 is 1.83. The number of benzene rings is 5. The van der Waals surface area contributed by atoms with Crippen molar-refractivity contribution in [3.63, 3.8) is 0 Å². The van der Waals surface area contributed by atoms with E-state index < -0.39 is 5.41 Å². The predicted octanol–water partition coefficient (Wildman–Crippen LogP) is 9.91. The number of hydrogen-bond acceptors (Lipinski definition) is 4. The van der Waals surface area contributed by atoms with Crippen molar-refractivity contribution in [2.45, 2.75) is 5.41 Å². The predicted molar refractivity (Wildman–Crippen MR) is 194 cm³/mol. The third-order valence-electron chi connectivity index (χ3n) is 10.7. The highest BCUT2D eigenvalue weighted by atomic mass is 32.1. The van der Waals surface area contributed by atoms with E-state index in [0.29, 0.717) is 0 Å². The highest BCUT2D eigenvalue weighted by Crippen LogP contribution is 2.63.